The first-order valence-corrected chi connectivity index (χ1v) is 5.89. The fourth-order valence-corrected chi connectivity index (χ4v) is 1.62. The summed E-state index contributed by atoms with van der Waals surface area (Å²) in [6.07, 6.45) is -3.53. The average molecular weight is 289 g/mol. The molecule has 8 heteroatoms. The van der Waals surface area contributed by atoms with Crippen LogP contribution in [0.25, 0.3) is 11.0 Å². The Morgan fingerprint density at radius 3 is 2.30 bits per heavy atom. The third-order valence-corrected chi connectivity index (χ3v) is 2.57. The lowest BCUT2D eigenvalue weighted by molar-refractivity contribution is -0.141. The lowest BCUT2D eigenvalue weighted by atomic mass is 10.1. The molecule has 110 valence electrons. The zero-order valence-electron chi connectivity index (χ0n) is 11.4. The van der Waals surface area contributed by atoms with Crippen molar-refractivity contribution in [2.45, 2.75) is 26.9 Å². The molecular formula is C12H14F3N3O2. The largest absolute Gasteiger partial charge is 0.431 e. The van der Waals surface area contributed by atoms with Crippen molar-refractivity contribution in [2.75, 3.05) is 0 Å². The fraction of sp³-hybridized carbons (Fsp3) is 0.417. The van der Waals surface area contributed by atoms with Gasteiger partial charge in [-0.05, 0) is 6.92 Å². The van der Waals surface area contributed by atoms with E-state index in [9.17, 15) is 22.8 Å². The van der Waals surface area contributed by atoms with Crippen molar-refractivity contribution in [3.05, 3.63) is 38.2 Å². The maximum Gasteiger partial charge on any atom is 0.431 e. The fourth-order valence-electron chi connectivity index (χ4n) is 1.62. The van der Waals surface area contributed by atoms with E-state index in [1.165, 1.54) is 7.05 Å². The number of nitrogens with zero attached hydrogens (tertiary/aromatic N) is 2. The zero-order valence-corrected chi connectivity index (χ0v) is 11.4. The smallest absolute Gasteiger partial charge is 0.335 e. The number of nitrogens with one attached hydrogen (secondary N) is 1. The molecule has 0 bridgehead atoms. The summed E-state index contributed by atoms with van der Waals surface area (Å²) < 4.78 is 39.0. The Morgan fingerprint density at radius 2 is 1.80 bits per heavy atom. The van der Waals surface area contributed by atoms with E-state index in [2.05, 4.69) is 4.98 Å². The molecule has 2 heterocycles. The van der Waals surface area contributed by atoms with Crippen LogP contribution in [0.4, 0.5) is 13.2 Å². The SMILES string of the molecule is CC.Cc1c(C(F)(F)F)[nH]c2nc(=O)n(C)cc2c1=O. The van der Waals surface area contributed by atoms with Crippen LogP contribution in [-0.4, -0.2) is 14.5 Å². The Bertz CT molecular complexity index is 744. The van der Waals surface area contributed by atoms with Gasteiger partial charge in [0.1, 0.15) is 11.3 Å². The van der Waals surface area contributed by atoms with Crippen LogP contribution in [0.5, 0.6) is 0 Å². The van der Waals surface area contributed by atoms with Gasteiger partial charge >= 0.3 is 11.9 Å². The number of H-pyrrole nitrogens is 1. The van der Waals surface area contributed by atoms with Crippen molar-refractivity contribution in [3.63, 3.8) is 0 Å². The molecule has 2 aromatic rings. The molecule has 0 aliphatic rings. The Morgan fingerprint density at radius 1 is 1.25 bits per heavy atom. The molecule has 0 amide bonds. The van der Waals surface area contributed by atoms with Gasteiger partial charge in [0.2, 0.25) is 0 Å². The summed E-state index contributed by atoms with van der Waals surface area (Å²) >= 11 is 0. The predicted octanol–water partition coefficient (Wildman–Crippen LogP) is 1.98. The van der Waals surface area contributed by atoms with Crippen LogP contribution in [0.1, 0.15) is 25.1 Å². The van der Waals surface area contributed by atoms with Gasteiger partial charge in [0.05, 0.1) is 5.39 Å². The van der Waals surface area contributed by atoms with Crippen molar-refractivity contribution in [2.24, 2.45) is 7.05 Å². The van der Waals surface area contributed by atoms with Crippen molar-refractivity contribution in [3.8, 4) is 0 Å². The second-order valence-corrected chi connectivity index (χ2v) is 3.85. The molecule has 5 nitrogen and oxygen atoms in total. The number of rotatable bonds is 0. The highest BCUT2D eigenvalue weighted by molar-refractivity contribution is 5.74. The molecule has 0 unspecified atom stereocenters. The van der Waals surface area contributed by atoms with E-state index in [0.29, 0.717) is 0 Å². The van der Waals surface area contributed by atoms with E-state index in [0.717, 1.165) is 17.7 Å². The molecule has 1 N–H and O–H groups in total. The van der Waals surface area contributed by atoms with E-state index in [1.807, 2.05) is 18.8 Å². The molecule has 0 aliphatic heterocycles. The zero-order chi connectivity index (χ0) is 15.7. The van der Waals surface area contributed by atoms with Crippen LogP contribution in [-0.2, 0) is 13.2 Å². The summed E-state index contributed by atoms with van der Waals surface area (Å²) in [7, 11) is 1.36. The van der Waals surface area contributed by atoms with E-state index in [-0.39, 0.29) is 11.0 Å². The average Bonchev–Trinajstić information content (AvgIpc) is 2.37. The number of aryl methyl sites for hydroxylation is 1. The van der Waals surface area contributed by atoms with Gasteiger partial charge in [-0.2, -0.15) is 18.2 Å². The van der Waals surface area contributed by atoms with E-state index in [1.54, 1.807) is 0 Å². The molecule has 0 fully saturated rings. The van der Waals surface area contributed by atoms with Crippen LogP contribution in [0.3, 0.4) is 0 Å². The lowest BCUT2D eigenvalue weighted by Crippen LogP contribution is -2.25. The second-order valence-electron chi connectivity index (χ2n) is 3.85. The lowest BCUT2D eigenvalue weighted by Gasteiger charge is -2.11. The molecule has 0 atom stereocenters. The molecule has 0 aromatic carbocycles. The Balaban J connectivity index is 0.000000956. The normalized spacial score (nSPS) is 11.2. The Hall–Kier alpha value is -2.12. The van der Waals surface area contributed by atoms with Gasteiger partial charge in [0, 0.05) is 18.8 Å². The minimum Gasteiger partial charge on any atom is -0.335 e. The minimum atomic E-state index is -4.69. The molecule has 0 aliphatic carbocycles. The Labute approximate surface area is 112 Å². The van der Waals surface area contributed by atoms with E-state index >= 15 is 0 Å². The van der Waals surface area contributed by atoms with Crippen molar-refractivity contribution in [1.29, 1.82) is 0 Å². The van der Waals surface area contributed by atoms with Gasteiger partial charge in [-0.3, -0.25) is 4.79 Å². The van der Waals surface area contributed by atoms with Crippen LogP contribution in [0, 0.1) is 6.92 Å². The summed E-state index contributed by atoms with van der Waals surface area (Å²) in [6.45, 7) is 5.08. The minimum absolute atomic E-state index is 0.0531. The molecule has 0 radical (unpaired) electrons. The number of alkyl halides is 3. The number of halogens is 3. The summed E-state index contributed by atoms with van der Waals surface area (Å²) in [6, 6.07) is 0. The van der Waals surface area contributed by atoms with Crippen LogP contribution >= 0.6 is 0 Å². The Kier molecular flexibility index (Phi) is 4.36. The molecule has 20 heavy (non-hydrogen) atoms. The first-order valence-electron chi connectivity index (χ1n) is 5.89. The van der Waals surface area contributed by atoms with Crippen LogP contribution < -0.4 is 11.1 Å². The highest BCUT2D eigenvalue weighted by atomic mass is 19.4. The number of fused-ring (bicyclic) bond motifs is 1. The summed E-state index contributed by atoms with van der Waals surface area (Å²) in [5, 5.41) is -0.0531. The van der Waals surface area contributed by atoms with Gasteiger partial charge in [-0.1, -0.05) is 13.8 Å². The van der Waals surface area contributed by atoms with Gasteiger partial charge in [0.15, 0.2) is 5.43 Å². The summed E-state index contributed by atoms with van der Waals surface area (Å²) in [4.78, 5) is 28.4. The van der Waals surface area contributed by atoms with Crippen LogP contribution in [0.2, 0.25) is 0 Å². The highest BCUT2D eigenvalue weighted by Crippen LogP contribution is 2.29. The second kappa shape index (κ2) is 5.48. The maximum absolute atomic E-state index is 12.7. The van der Waals surface area contributed by atoms with Crippen molar-refractivity contribution in [1.82, 2.24) is 14.5 Å². The first kappa shape index (κ1) is 15.9. The molecule has 0 spiro atoms. The predicted molar refractivity (Wildman–Crippen MR) is 68.7 cm³/mol. The standard InChI is InChI=1S/C10H8F3N3O2.C2H6/c1-4-6(17)5-3-16(2)9(18)15-8(5)14-7(4)10(11,12)13;1-2/h3H,1-2H3,(H,14,15,18);1-2H3. The third-order valence-electron chi connectivity index (χ3n) is 2.57. The van der Waals surface area contributed by atoms with Crippen molar-refractivity contribution < 1.29 is 13.2 Å². The third kappa shape index (κ3) is 2.73. The quantitative estimate of drug-likeness (QED) is 0.806. The molecule has 2 rings (SSSR count). The van der Waals surface area contributed by atoms with Gasteiger partial charge in [-0.15, -0.1) is 0 Å². The molecular weight excluding hydrogens is 275 g/mol. The molecule has 2 aromatic heterocycles. The number of aromatic nitrogens is 3. The first-order chi connectivity index (χ1) is 9.21. The number of hydrogen-bond donors (Lipinski definition) is 1. The number of pyridine rings is 1. The highest BCUT2D eigenvalue weighted by Gasteiger charge is 2.35. The molecule has 0 saturated carbocycles. The van der Waals surface area contributed by atoms with Crippen molar-refractivity contribution >= 4 is 11.0 Å². The monoisotopic (exact) mass is 289 g/mol. The summed E-state index contributed by atoms with van der Waals surface area (Å²) in [5.41, 5.74) is -3.52. The van der Waals surface area contributed by atoms with Gasteiger partial charge in [0.25, 0.3) is 0 Å². The maximum atomic E-state index is 12.7. The topological polar surface area (TPSA) is 67.8 Å². The number of aromatic amines is 1. The number of hydrogen-bond acceptors (Lipinski definition) is 3. The van der Waals surface area contributed by atoms with E-state index < -0.39 is 28.6 Å². The van der Waals surface area contributed by atoms with Gasteiger partial charge < -0.3 is 9.55 Å². The van der Waals surface area contributed by atoms with E-state index in [4.69, 9.17) is 0 Å². The van der Waals surface area contributed by atoms with Crippen LogP contribution in [0.15, 0.2) is 15.8 Å². The molecule has 0 saturated heterocycles. The summed E-state index contributed by atoms with van der Waals surface area (Å²) in [5.74, 6) is 0. The van der Waals surface area contributed by atoms with Gasteiger partial charge in [-0.25, -0.2) is 4.79 Å².